The van der Waals surface area contributed by atoms with Crippen LogP contribution in [0.4, 0.5) is 18.9 Å². The van der Waals surface area contributed by atoms with E-state index < -0.39 is 29.3 Å². The number of ether oxygens (including phenoxy) is 2. The molecule has 1 heterocycles. The summed E-state index contributed by atoms with van der Waals surface area (Å²) >= 11 is 3.57. The van der Waals surface area contributed by atoms with E-state index in [1.807, 2.05) is 0 Å². The van der Waals surface area contributed by atoms with Gasteiger partial charge >= 0.3 is 6.18 Å². The van der Waals surface area contributed by atoms with E-state index in [1.54, 1.807) is 72.8 Å². The molecule has 0 radical (unpaired) electrons. The molecule has 48 heavy (non-hydrogen) atoms. The fourth-order valence-corrected chi connectivity index (χ4v) is 5.82. The second-order valence-corrected chi connectivity index (χ2v) is 11.6. The predicted molar refractivity (Wildman–Crippen MR) is 176 cm³/mol. The third kappa shape index (κ3) is 7.80. The predicted octanol–water partition coefficient (Wildman–Crippen LogP) is 7.49. The van der Waals surface area contributed by atoms with Crippen LogP contribution in [0.5, 0.6) is 5.75 Å². The number of amides is 1. The third-order valence-electron chi connectivity index (χ3n) is 7.63. The molecular formula is C34H30BrF3N6O4. The number of halogens is 4. The first-order chi connectivity index (χ1) is 23.2. The van der Waals surface area contributed by atoms with Gasteiger partial charge in [0, 0.05) is 52.2 Å². The number of nitrogens with one attached hydrogen (secondary N) is 2. The maximum Gasteiger partial charge on any atom is 0.416 e. The Labute approximate surface area is 282 Å². The minimum atomic E-state index is -4.59. The zero-order valence-electron chi connectivity index (χ0n) is 25.3. The van der Waals surface area contributed by atoms with E-state index >= 15 is 0 Å². The molecular weight excluding hydrogens is 693 g/mol. The largest absolute Gasteiger partial charge is 0.494 e. The van der Waals surface area contributed by atoms with Crippen molar-refractivity contribution in [2.24, 2.45) is 10.1 Å². The van der Waals surface area contributed by atoms with Gasteiger partial charge in [0.2, 0.25) is 5.90 Å². The lowest BCUT2D eigenvalue weighted by molar-refractivity contribution is -0.138. The van der Waals surface area contributed by atoms with Gasteiger partial charge in [0.15, 0.2) is 11.6 Å². The van der Waals surface area contributed by atoms with Gasteiger partial charge in [0.1, 0.15) is 5.75 Å². The first-order valence-corrected chi connectivity index (χ1v) is 15.6. The van der Waals surface area contributed by atoms with Crippen LogP contribution in [0.15, 0.2) is 112 Å². The molecule has 248 valence electrons. The number of benzene rings is 4. The van der Waals surface area contributed by atoms with Gasteiger partial charge in [0.05, 0.1) is 12.2 Å². The molecule has 0 spiro atoms. The van der Waals surface area contributed by atoms with Crippen molar-refractivity contribution in [3.05, 3.63) is 140 Å². The topological polar surface area (TPSA) is 141 Å². The summed E-state index contributed by atoms with van der Waals surface area (Å²) in [7, 11) is 0. The van der Waals surface area contributed by atoms with Gasteiger partial charge in [-0.25, -0.2) is 10.4 Å². The zero-order chi connectivity index (χ0) is 34.1. The van der Waals surface area contributed by atoms with Gasteiger partial charge in [-0.3, -0.25) is 10.2 Å². The molecule has 0 bridgehead atoms. The van der Waals surface area contributed by atoms with Gasteiger partial charge in [-0.05, 0) is 53.1 Å². The highest BCUT2D eigenvalue weighted by molar-refractivity contribution is 9.10. The molecule has 4 aromatic carbocycles. The molecule has 3 N–H and O–H groups in total. The summed E-state index contributed by atoms with van der Waals surface area (Å²) in [4.78, 5) is 22.3. The molecule has 0 unspecified atom stereocenters. The summed E-state index contributed by atoms with van der Waals surface area (Å²) in [5.74, 6) is 0.00252. The van der Waals surface area contributed by atoms with Crippen LogP contribution in [0.25, 0.3) is 10.4 Å². The van der Waals surface area contributed by atoms with Crippen molar-refractivity contribution in [2.45, 2.75) is 37.2 Å². The molecule has 1 amide bonds. The summed E-state index contributed by atoms with van der Waals surface area (Å²) in [5.41, 5.74) is 13.7. The second kappa shape index (κ2) is 15.3. The van der Waals surface area contributed by atoms with Crippen LogP contribution in [-0.4, -0.2) is 35.7 Å². The van der Waals surface area contributed by atoms with E-state index in [1.165, 1.54) is 18.2 Å². The van der Waals surface area contributed by atoms with Crippen molar-refractivity contribution in [1.29, 1.82) is 0 Å². The van der Waals surface area contributed by atoms with Gasteiger partial charge in [-0.1, -0.05) is 81.7 Å². The van der Waals surface area contributed by atoms with E-state index in [-0.39, 0.29) is 36.7 Å². The van der Waals surface area contributed by atoms with E-state index in [0.29, 0.717) is 39.9 Å². The molecule has 10 nitrogen and oxygen atoms in total. The van der Waals surface area contributed by atoms with Gasteiger partial charge in [-0.15, -0.1) is 0 Å². The number of rotatable bonds is 13. The van der Waals surface area contributed by atoms with Crippen LogP contribution in [0.3, 0.4) is 0 Å². The Kier molecular flexibility index (Phi) is 11.0. The highest BCUT2D eigenvalue weighted by atomic mass is 79.9. The number of hydrogen-bond donors (Lipinski definition) is 3. The maximum absolute atomic E-state index is 14.4. The molecule has 1 aliphatic rings. The molecule has 2 atom stereocenters. The lowest BCUT2D eigenvalue weighted by atomic mass is 9.81. The SMILES string of the molecule is [N-]=[N+]=Nc1ccccc1C[C@]1(C(=O)NNCc2ccccc2C(F)(F)F)N=C(c2ccc(OCCCO)cc2)O[C@H]1c1ccccc1Br. The standard InChI is InChI=1S/C34H30BrF3N6O4/c35-28-12-5-3-10-26(28)30-33(20-23-8-2-6-13-29(23)42-44-39,32(46)43-40-21-24-9-1-4-11-27(24)34(36,37)38)41-31(48-30)22-14-16-25(17-15-22)47-19-7-18-45/h1-6,8-17,30,40,45H,7,18-21H2,(H,43,46)/t30-,33-/m0/s1. The first-order valence-electron chi connectivity index (χ1n) is 14.8. The van der Waals surface area contributed by atoms with E-state index in [2.05, 4.69) is 36.8 Å². The Hall–Kier alpha value is -4.88. The number of aliphatic imine (C=N–C) groups is 1. The quantitative estimate of drug-likeness (QED) is 0.0431. The van der Waals surface area contributed by atoms with Gasteiger partial charge in [-0.2, -0.15) is 13.2 Å². The number of aliphatic hydroxyl groups is 1. The molecule has 4 aromatic rings. The van der Waals surface area contributed by atoms with Crippen LogP contribution in [0, 0.1) is 0 Å². The highest BCUT2D eigenvalue weighted by Gasteiger charge is 2.54. The lowest BCUT2D eigenvalue weighted by Crippen LogP contribution is -2.53. The lowest BCUT2D eigenvalue weighted by Gasteiger charge is -2.31. The van der Waals surface area contributed by atoms with E-state index in [9.17, 15) is 23.5 Å². The number of azide groups is 1. The number of alkyl halides is 3. The molecule has 1 aliphatic heterocycles. The fourth-order valence-electron chi connectivity index (χ4n) is 5.32. The van der Waals surface area contributed by atoms with Crippen molar-refractivity contribution in [3.63, 3.8) is 0 Å². The van der Waals surface area contributed by atoms with Crippen LogP contribution in [0.2, 0.25) is 0 Å². The Morgan fingerprint density at radius 2 is 1.71 bits per heavy atom. The van der Waals surface area contributed by atoms with E-state index in [0.717, 1.165) is 6.07 Å². The monoisotopic (exact) mass is 722 g/mol. The minimum Gasteiger partial charge on any atom is -0.494 e. The highest BCUT2D eigenvalue weighted by Crippen LogP contribution is 2.45. The van der Waals surface area contributed by atoms with E-state index in [4.69, 9.17) is 19.6 Å². The van der Waals surface area contributed by atoms with Crippen LogP contribution >= 0.6 is 15.9 Å². The number of hydrogen-bond acceptors (Lipinski definition) is 7. The van der Waals surface area contributed by atoms with Crippen LogP contribution in [0.1, 0.15) is 40.3 Å². The Morgan fingerprint density at radius 1 is 1.02 bits per heavy atom. The summed E-state index contributed by atoms with van der Waals surface area (Å²) in [6.45, 7) is -0.0107. The number of carbonyl (C=O) groups excluding carboxylic acids is 1. The van der Waals surface area contributed by atoms with Crippen LogP contribution in [-0.2, 0) is 28.7 Å². The van der Waals surface area contributed by atoms with Gasteiger partial charge < -0.3 is 14.6 Å². The fraction of sp³-hybridized carbons (Fsp3) is 0.235. The Bertz CT molecular complexity index is 1830. The number of aliphatic hydroxyl groups excluding tert-OH is 1. The third-order valence-corrected chi connectivity index (χ3v) is 8.35. The van der Waals surface area contributed by atoms with Gasteiger partial charge in [0.25, 0.3) is 5.91 Å². The van der Waals surface area contributed by atoms with Crippen molar-refractivity contribution >= 4 is 33.4 Å². The van der Waals surface area contributed by atoms with Crippen molar-refractivity contribution in [2.75, 3.05) is 13.2 Å². The molecule has 0 aliphatic carbocycles. The van der Waals surface area contributed by atoms with Crippen molar-refractivity contribution < 1.29 is 32.5 Å². The van der Waals surface area contributed by atoms with Crippen LogP contribution < -0.4 is 15.6 Å². The number of nitrogens with zero attached hydrogens (tertiary/aromatic N) is 4. The van der Waals surface area contributed by atoms with Crippen molar-refractivity contribution in [1.82, 2.24) is 10.9 Å². The Balaban J connectivity index is 1.57. The second-order valence-electron chi connectivity index (χ2n) is 10.8. The normalized spacial score (nSPS) is 17.2. The average molecular weight is 724 g/mol. The summed E-state index contributed by atoms with van der Waals surface area (Å²) in [5, 5.41) is 12.9. The smallest absolute Gasteiger partial charge is 0.416 e. The molecule has 0 fully saturated rings. The zero-order valence-corrected chi connectivity index (χ0v) is 26.9. The maximum atomic E-state index is 14.4. The Morgan fingerprint density at radius 3 is 2.42 bits per heavy atom. The summed E-state index contributed by atoms with van der Waals surface area (Å²) in [6, 6.07) is 25.8. The summed E-state index contributed by atoms with van der Waals surface area (Å²) < 4.78 is 53.8. The molecule has 0 saturated carbocycles. The molecule has 0 saturated heterocycles. The average Bonchev–Trinajstić information content (AvgIpc) is 3.46. The first kappa shape index (κ1) is 34.5. The molecule has 14 heteroatoms. The number of hydrazine groups is 1. The molecule has 5 rings (SSSR count). The molecule has 0 aromatic heterocycles. The minimum absolute atomic E-state index is 0.00415. The number of carbonyl (C=O) groups is 1. The summed E-state index contributed by atoms with van der Waals surface area (Å²) in [6.07, 6.45) is -5.26. The van der Waals surface area contributed by atoms with Crippen molar-refractivity contribution in [3.8, 4) is 5.75 Å².